The fourth-order valence-electron chi connectivity index (χ4n) is 2.87. The average molecular weight is 467 g/mol. The average Bonchev–Trinajstić information content (AvgIpc) is 3.31. The maximum atomic E-state index is 8.89. The van der Waals surface area contributed by atoms with Gasteiger partial charge in [0.25, 0.3) is 0 Å². The summed E-state index contributed by atoms with van der Waals surface area (Å²) in [6.07, 6.45) is 6.34. The van der Waals surface area contributed by atoms with Gasteiger partial charge in [-0.15, -0.1) is 0 Å². The Balaban J connectivity index is 1.51. The number of hydrogen-bond acceptors (Lipinski definition) is 9. The predicted octanol–water partition coefficient (Wildman–Crippen LogP) is 3.61. The molecule has 1 aromatic carbocycles. The van der Waals surface area contributed by atoms with Crippen LogP contribution in [0, 0.1) is 11.3 Å². The van der Waals surface area contributed by atoms with Crippen LogP contribution in [0.2, 0.25) is 10.0 Å². The SMILES string of the molecule is N#Cc1cnc(NCCNc2ncc(-c3cnc[nH]3)c(-c3ccc(Cl)cc3Cl)n2)nc1N. The second kappa shape index (κ2) is 9.47. The molecule has 0 bridgehead atoms. The lowest BCUT2D eigenvalue weighted by Gasteiger charge is -2.12. The van der Waals surface area contributed by atoms with Gasteiger partial charge >= 0.3 is 0 Å². The first-order valence-electron chi connectivity index (χ1n) is 9.36. The minimum absolute atomic E-state index is 0.125. The third-order valence-corrected chi connectivity index (χ3v) is 4.94. The second-order valence-electron chi connectivity index (χ2n) is 6.50. The van der Waals surface area contributed by atoms with E-state index in [0.717, 1.165) is 11.3 Å². The third-order valence-electron chi connectivity index (χ3n) is 4.39. The Hall–Kier alpha value is -3.94. The Morgan fingerprint density at radius 1 is 1.00 bits per heavy atom. The molecule has 0 saturated carbocycles. The number of rotatable bonds is 7. The Bertz CT molecular complexity index is 1280. The van der Waals surface area contributed by atoms with Crippen LogP contribution in [0.1, 0.15) is 5.56 Å². The highest BCUT2D eigenvalue weighted by Gasteiger charge is 2.15. The van der Waals surface area contributed by atoms with E-state index < -0.39 is 0 Å². The first-order valence-corrected chi connectivity index (χ1v) is 10.1. The van der Waals surface area contributed by atoms with Gasteiger partial charge in [0.2, 0.25) is 11.9 Å². The summed E-state index contributed by atoms with van der Waals surface area (Å²) in [5.41, 5.74) is 8.78. The van der Waals surface area contributed by atoms with Crippen molar-refractivity contribution in [3.63, 3.8) is 0 Å². The van der Waals surface area contributed by atoms with Gasteiger partial charge in [-0.3, -0.25) is 0 Å². The predicted molar refractivity (Wildman–Crippen MR) is 123 cm³/mol. The molecule has 0 fully saturated rings. The number of aromatic nitrogens is 6. The maximum absolute atomic E-state index is 8.89. The normalized spacial score (nSPS) is 10.5. The minimum atomic E-state index is 0.125. The molecule has 0 amide bonds. The van der Waals surface area contributed by atoms with Crippen molar-refractivity contribution in [1.29, 1.82) is 5.26 Å². The number of imidazole rings is 1. The van der Waals surface area contributed by atoms with Gasteiger partial charge < -0.3 is 21.4 Å². The monoisotopic (exact) mass is 466 g/mol. The smallest absolute Gasteiger partial charge is 0.224 e. The molecule has 3 heterocycles. The Labute approximate surface area is 192 Å². The van der Waals surface area contributed by atoms with Crippen molar-refractivity contribution in [1.82, 2.24) is 29.9 Å². The van der Waals surface area contributed by atoms with Gasteiger partial charge in [0, 0.05) is 35.4 Å². The van der Waals surface area contributed by atoms with Gasteiger partial charge in [-0.05, 0) is 18.2 Å². The molecule has 10 nitrogen and oxygen atoms in total. The topological polar surface area (TPSA) is 154 Å². The summed E-state index contributed by atoms with van der Waals surface area (Å²) in [7, 11) is 0. The molecule has 0 radical (unpaired) electrons. The van der Waals surface area contributed by atoms with E-state index in [4.69, 9.17) is 34.2 Å². The van der Waals surface area contributed by atoms with Crippen LogP contribution in [0.5, 0.6) is 0 Å². The molecule has 0 aliphatic rings. The highest BCUT2D eigenvalue weighted by atomic mass is 35.5. The molecular weight excluding hydrogens is 451 g/mol. The Morgan fingerprint density at radius 2 is 1.75 bits per heavy atom. The quantitative estimate of drug-likeness (QED) is 0.298. The van der Waals surface area contributed by atoms with E-state index in [1.54, 1.807) is 30.9 Å². The van der Waals surface area contributed by atoms with E-state index in [2.05, 4.69) is 40.5 Å². The van der Waals surface area contributed by atoms with E-state index >= 15 is 0 Å². The second-order valence-corrected chi connectivity index (χ2v) is 7.35. The molecule has 0 unspecified atom stereocenters. The molecule has 5 N–H and O–H groups in total. The fourth-order valence-corrected chi connectivity index (χ4v) is 3.37. The van der Waals surface area contributed by atoms with Crippen molar-refractivity contribution in [3.8, 4) is 28.6 Å². The van der Waals surface area contributed by atoms with Gasteiger partial charge in [-0.2, -0.15) is 10.2 Å². The molecular formula is C20H16Cl2N10. The summed E-state index contributed by atoms with van der Waals surface area (Å²) in [5.74, 6) is 0.865. The zero-order valence-corrected chi connectivity index (χ0v) is 18.0. The number of anilines is 3. The van der Waals surface area contributed by atoms with E-state index in [1.165, 1.54) is 6.20 Å². The number of nitrogens with one attached hydrogen (secondary N) is 3. The van der Waals surface area contributed by atoms with Crippen molar-refractivity contribution in [3.05, 3.63) is 58.7 Å². The Morgan fingerprint density at radius 3 is 2.41 bits per heavy atom. The molecule has 0 atom stereocenters. The highest BCUT2D eigenvalue weighted by Crippen LogP contribution is 2.35. The molecule has 4 rings (SSSR count). The molecule has 160 valence electrons. The van der Waals surface area contributed by atoms with Gasteiger partial charge in [-0.25, -0.2) is 19.9 Å². The largest absolute Gasteiger partial charge is 0.382 e. The van der Waals surface area contributed by atoms with Gasteiger partial charge in [-0.1, -0.05) is 23.2 Å². The molecule has 12 heteroatoms. The van der Waals surface area contributed by atoms with E-state index in [9.17, 15) is 0 Å². The van der Waals surface area contributed by atoms with E-state index in [-0.39, 0.29) is 11.4 Å². The number of nitriles is 1. The summed E-state index contributed by atoms with van der Waals surface area (Å²) in [6, 6.07) is 7.15. The van der Waals surface area contributed by atoms with Crippen LogP contribution in [0.3, 0.4) is 0 Å². The van der Waals surface area contributed by atoms with Crippen molar-refractivity contribution in [2.75, 3.05) is 29.5 Å². The standard InChI is InChI=1S/C20H16Cl2N10/c21-12-1-2-13(15(22)5-12)17-14(16-9-25-10-30-16)8-29-19(31-17)26-3-4-27-20-28-7-11(6-23)18(24)32-20/h1-2,5,7-10H,3-4H2,(H,25,30)(H,26,29,31)(H3,24,27,28,32). The van der Waals surface area contributed by atoms with E-state index in [0.29, 0.717) is 46.3 Å². The van der Waals surface area contributed by atoms with Crippen LogP contribution >= 0.6 is 23.2 Å². The van der Waals surface area contributed by atoms with Crippen molar-refractivity contribution < 1.29 is 0 Å². The first kappa shape index (κ1) is 21.3. The number of H-pyrrole nitrogens is 1. The highest BCUT2D eigenvalue weighted by molar-refractivity contribution is 6.36. The fraction of sp³-hybridized carbons (Fsp3) is 0.100. The van der Waals surface area contributed by atoms with Gasteiger partial charge in [0.15, 0.2) is 0 Å². The summed E-state index contributed by atoms with van der Waals surface area (Å²) in [5, 5.41) is 16.1. The summed E-state index contributed by atoms with van der Waals surface area (Å²) in [4.78, 5) is 24.3. The van der Waals surface area contributed by atoms with Crippen LogP contribution in [0.15, 0.2) is 43.1 Å². The van der Waals surface area contributed by atoms with Gasteiger partial charge in [0.1, 0.15) is 17.5 Å². The van der Waals surface area contributed by atoms with Crippen LogP contribution in [-0.4, -0.2) is 43.0 Å². The van der Waals surface area contributed by atoms with Crippen molar-refractivity contribution in [2.24, 2.45) is 0 Å². The zero-order valence-electron chi connectivity index (χ0n) is 16.5. The minimum Gasteiger partial charge on any atom is -0.382 e. The zero-order chi connectivity index (χ0) is 22.5. The van der Waals surface area contributed by atoms with Crippen LogP contribution in [0.25, 0.3) is 22.5 Å². The molecule has 0 aliphatic carbocycles. The number of hydrogen-bond donors (Lipinski definition) is 4. The molecule has 0 aliphatic heterocycles. The molecule has 4 aromatic rings. The number of nitrogens with zero attached hydrogens (tertiary/aromatic N) is 6. The third kappa shape index (κ3) is 4.69. The molecule has 32 heavy (non-hydrogen) atoms. The first-order chi connectivity index (χ1) is 15.5. The lowest BCUT2D eigenvalue weighted by atomic mass is 10.1. The molecule has 0 spiro atoms. The number of nitrogens with two attached hydrogens (primary N) is 1. The molecule has 3 aromatic heterocycles. The summed E-state index contributed by atoms with van der Waals surface area (Å²) >= 11 is 12.5. The van der Waals surface area contributed by atoms with Crippen molar-refractivity contribution in [2.45, 2.75) is 0 Å². The summed E-state index contributed by atoms with van der Waals surface area (Å²) < 4.78 is 0. The number of nitrogen functional groups attached to an aromatic ring is 1. The Kier molecular flexibility index (Phi) is 6.30. The maximum Gasteiger partial charge on any atom is 0.224 e. The lowest BCUT2D eigenvalue weighted by Crippen LogP contribution is -2.17. The van der Waals surface area contributed by atoms with Gasteiger partial charge in [0.05, 0.1) is 35.1 Å². The van der Waals surface area contributed by atoms with Crippen LogP contribution < -0.4 is 16.4 Å². The van der Waals surface area contributed by atoms with Crippen LogP contribution in [-0.2, 0) is 0 Å². The van der Waals surface area contributed by atoms with Crippen molar-refractivity contribution >= 4 is 40.9 Å². The summed E-state index contributed by atoms with van der Waals surface area (Å²) in [6.45, 7) is 0.939. The lowest BCUT2D eigenvalue weighted by molar-refractivity contribution is 0.999. The number of benzene rings is 1. The van der Waals surface area contributed by atoms with E-state index in [1.807, 2.05) is 12.1 Å². The molecule has 0 saturated heterocycles. The van der Waals surface area contributed by atoms with Crippen LogP contribution in [0.4, 0.5) is 17.7 Å². The number of halogens is 2. The number of aromatic amines is 1.